The van der Waals surface area contributed by atoms with Crippen LogP contribution in [0.2, 0.25) is 0 Å². The third kappa shape index (κ3) is 7.11. The van der Waals surface area contributed by atoms with E-state index in [1.165, 1.54) is 23.8 Å². The van der Waals surface area contributed by atoms with Crippen LogP contribution in [-0.4, -0.2) is 63.1 Å². The third-order valence-electron chi connectivity index (χ3n) is 5.67. The molecule has 1 heterocycles. The summed E-state index contributed by atoms with van der Waals surface area (Å²) in [5, 5.41) is 3.31. The minimum absolute atomic E-state index is 0. The number of aliphatic imine (C=N–C) groups is 1. The van der Waals surface area contributed by atoms with E-state index in [-0.39, 0.29) is 29.5 Å². The minimum atomic E-state index is -0.535. The summed E-state index contributed by atoms with van der Waals surface area (Å²) >= 11 is 0. The molecule has 0 radical (unpaired) electrons. The Morgan fingerprint density at radius 2 is 1.84 bits per heavy atom. The fraction of sp³-hybridized carbons (Fsp3) is 0.458. The number of benzene rings is 2. The minimum Gasteiger partial charge on any atom is -0.376 e. The third-order valence-corrected chi connectivity index (χ3v) is 5.67. The Morgan fingerprint density at radius 3 is 2.47 bits per heavy atom. The molecule has 0 aromatic heterocycles. The van der Waals surface area contributed by atoms with E-state index in [0.717, 1.165) is 25.5 Å². The molecule has 0 spiro atoms. The van der Waals surface area contributed by atoms with Crippen LogP contribution >= 0.6 is 24.0 Å². The van der Waals surface area contributed by atoms with E-state index in [9.17, 15) is 8.78 Å². The highest BCUT2D eigenvalue weighted by molar-refractivity contribution is 14.0. The number of hydrogen-bond donors (Lipinski definition) is 1. The summed E-state index contributed by atoms with van der Waals surface area (Å²) in [7, 11) is 5.36. The molecule has 8 heteroatoms. The predicted octanol–water partition coefficient (Wildman–Crippen LogP) is 4.30. The van der Waals surface area contributed by atoms with Crippen LogP contribution < -0.4 is 5.32 Å². The van der Waals surface area contributed by atoms with Crippen LogP contribution in [-0.2, 0) is 11.3 Å². The quantitative estimate of drug-likeness (QED) is 0.298. The molecule has 0 saturated carbocycles. The lowest BCUT2D eigenvalue weighted by Crippen LogP contribution is -2.44. The molecule has 2 unspecified atom stereocenters. The van der Waals surface area contributed by atoms with Gasteiger partial charge in [0, 0.05) is 38.2 Å². The zero-order valence-electron chi connectivity index (χ0n) is 18.9. The summed E-state index contributed by atoms with van der Waals surface area (Å²) < 4.78 is 34.5. The molecule has 1 aliphatic rings. The molecular weight excluding hydrogens is 525 g/mol. The molecule has 5 nitrogen and oxygen atoms in total. The van der Waals surface area contributed by atoms with E-state index in [0.29, 0.717) is 25.7 Å². The Kier molecular flexibility index (Phi) is 10.8. The molecule has 3 rings (SSSR count). The first-order valence-electron chi connectivity index (χ1n) is 10.7. The van der Waals surface area contributed by atoms with Crippen molar-refractivity contribution in [3.05, 3.63) is 71.3 Å². The molecule has 2 aromatic carbocycles. The average molecular weight is 558 g/mol. The van der Waals surface area contributed by atoms with Gasteiger partial charge in [0.15, 0.2) is 5.96 Å². The van der Waals surface area contributed by atoms with E-state index in [2.05, 4.69) is 27.3 Å². The van der Waals surface area contributed by atoms with Gasteiger partial charge in [-0.1, -0.05) is 36.4 Å². The number of hydrogen-bond acceptors (Lipinski definition) is 3. The summed E-state index contributed by atoms with van der Waals surface area (Å²) in [6, 6.07) is 13.7. The number of ether oxygens (including phenoxy) is 1. The van der Waals surface area contributed by atoms with Crippen molar-refractivity contribution < 1.29 is 13.5 Å². The predicted molar refractivity (Wildman–Crippen MR) is 135 cm³/mol. The van der Waals surface area contributed by atoms with Crippen molar-refractivity contribution in [2.75, 3.05) is 47.4 Å². The SMILES string of the molecule is CN=C(NCC(c1c(F)cccc1F)N(C)C)N1CCC(COCc2ccccc2)C1.I. The molecule has 2 atom stereocenters. The Labute approximate surface area is 206 Å². The number of likely N-dealkylation sites (N-methyl/N-ethyl adjacent to an activating group) is 1. The Hall–Kier alpha value is -1.78. The zero-order chi connectivity index (χ0) is 22.2. The second-order valence-electron chi connectivity index (χ2n) is 8.14. The number of nitrogens with zero attached hydrogens (tertiary/aromatic N) is 3. The van der Waals surface area contributed by atoms with Crippen molar-refractivity contribution in [2.24, 2.45) is 10.9 Å². The van der Waals surface area contributed by atoms with Gasteiger partial charge in [-0.25, -0.2) is 8.78 Å². The van der Waals surface area contributed by atoms with Gasteiger partial charge >= 0.3 is 0 Å². The molecule has 32 heavy (non-hydrogen) atoms. The fourth-order valence-corrected chi connectivity index (χ4v) is 3.97. The smallest absolute Gasteiger partial charge is 0.193 e. The van der Waals surface area contributed by atoms with Gasteiger partial charge in [0.25, 0.3) is 0 Å². The first-order valence-corrected chi connectivity index (χ1v) is 10.7. The zero-order valence-corrected chi connectivity index (χ0v) is 21.3. The van der Waals surface area contributed by atoms with Crippen LogP contribution in [0.15, 0.2) is 53.5 Å². The number of likely N-dealkylation sites (tertiary alicyclic amines) is 1. The monoisotopic (exact) mass is 558 g/mol. The van der Waals surface area contributed by atoms with Crippen molar-refractivity contribution in [3.63, 3.8) is 0 Å². The van der Waals surface area contributed by atoms with E-state index in [4.69, 9.17) is 4.74 Å². The molecule has 1 saturated heterocycles. The van der Waals surface area contributed by atoms with E-state index in [1.54, 1.807) is 7.05 Å². The van der Waals surface area contributed by atoms with Crippen LogP contribution in [0.3, 0.4) is 0 Å². The standard InChI is InChI=1S/C24H32F2N4O.HI/c1-27-24(28-14-22(29(2)3)23-20(25)10-7-11-21(23)26)30-13-12-19(15-30)17-31-16-18-8-5-4-6-9-18;/h4-11,19,22H,12-17H2,1-3H3,(H,27,28);1H. The van der Waals surface area contributed by atoms with Crippen LogP contribution in [0.25, 0.3) is 0 Å². The van der Waals surface area contributed by atoms with Crippen LogP contribution in [0, 0.1) is 17.6 Å². The maximum atomic E-state index is 14.3. The summed E-state index contributed by atoms with van der Waals surface area (Å²) in [4.78, 5) is 8.38. The first kappa shape index (κ1) is 26.5. The molecule has 1 N–H and O–H groups in total. The number of nitrogens with one attached hydrogen (secondary N) is 1. The summed E-state index contributed by atoms with van der Waals surface area (Å²) in [5.74, 6) is 0.102. The summed E-state index contributed by atoms with van der Waals surface area (Å²) in [6.45, 7) is 3.38. The Balaban J connectivity index is 0.00000363. The van der Waals surface area contributed by atoms with E-state index >= 15 is 0 Å². The number of halogens is 3. The topological polar surface area (TPSA) is 40.1 Å². The first-order chi connectivity index (χ1) is 15.0. The maximum Gasteiger partial charge on any atom is 0.193 e. The number of guanidine groups is 1. The summed E-state index contributed by atoms with van der Waals surface area (Å²) in [5.41, 5.74) is 1.24. The fourth-order valence-electron chi connectivity index (χ4n) is 3.97. The van der Waals surface area contributed by atoms with Gasteiger partial charge in [-0.3, -0.25) is 4.99 Å². The van der Waals surface area contributed by atoms with E-state index < -0.39 is 17.7 Å². The molecule has 2 aromatic rings. The molecule has 176 valence electrons. The van der Waals surface area contributed by atoms with Crippen molar-refractivity contribution in [3.8, 4) is 0 Å². The van der Waals surface area contributed by atoms with Gasteiger partial charge < -0.3 is 19.9 Å². The van der Waals surface area contributed by atoms with Gasteiger partial charge in [-0.15, -0.1) is 24.0 Å². The Morgan fingerprint density at radius 1 is 1.16 bits per heavy atom. The highest BCUT2D eigenvalue weighted by Gasteiger charge is 2.27. The molecule has 0 aliphatic carbocycles. The average Bonchev–Trinajstić information content (AvgIpc) is 3.22. The van der Waals surface area contributed by atoms with Crippen molar-refractivity contribution in [1.29, 1.82) is 0 Å². The normalized spacial score (nSPS) is 17.4. The molecule has 1 fully saturated rings. The number of rotatable bonds is 8. The van der Waals surface area contributed by atoms with Crippen LogP contribution in [0.5, 0.6) is 0 Å². The molecule has 0 amide bonds. The lowest BCUT2D eigenvalue weighted by atomic mass is 10.0. The van der Waals surface area contributed by atoms with Crippen molar-refractivity contribution in [1.82, 2.24) is 15.1 Å². The van der Waals surface area contributed by atoms with Crippen molar-refractivity contribution in [2.45, 2.75) is 19.1 Å². The molecule has 0 bridgehead atoms. The van der Waals surface area contributed by atoms with Gasteiger partial charge in [0.1, 0.15) is 11.6 Å². The van der Waals surface area contributed by atoms with Gasteiger partial charge in [-0.05, 0) is 38.2 Å². The van der Waals surface area contributed by atoms with Gasteiger partial charge in [0.2, 0.25) is 0 Å². The second kappa shape index (κ2) is 13.1. The van der Waals surface area contributed by atoms with E-state index in [1.807, 2.05) is 37.2 Å². The highest BCUT2D eigenvalue weighted by Crippen LogP contribution is 2.24. The lowest BCUT2D eigenvalue weighted by Gasteiger charge is -2.28. The van der Waals surface area contributed by atoms with Gasteiger partial charge in [0.05, 0.1) is 19.3 Å². The van der Waals surface area contributed by atoms with Gasteiger partial charge in [-0.2, -0.15) is 0 Å². The largest absolute Gasteiger partial charge is 0.376 e. The lowest BCUT2D eigenvalue weighted by molar-refractivity contribution is 0.0906. The van der Waals surface area contributed by atoms with Crippen molar-refractivity contribution >= 4 is 29.9 Å². The highest BCUT2D eigenvalue weighted by atomic mass is 127. The molecular formula is C24H33F2IN4O. The molecule has 1 aliphatic heterocycles. The van der Waals surface area contributed by atoms with Crippen LogP contribution in [0.4, 0.5) is 8.78 Å². The van der Waals surface area contributed by atoms with Crippen LogP contribution in [0.1, 0.15) is 23.6 Å². The second-order valence-corrected chi connectivity index (χ2v) is 8.14. The summed E-state index contributed by atoms with van der Waals surface area (Å²) in [6.07, 6.45) is 1.02. The Bertz CT molecular complexity index is 846. The maximum absolute atomic E-state index is 14.3.